The number of benzene rings is 1. The second-order valence-corrected chi connectivity index (χ2v) is 6.26. The average Bonchev–Trinajstić information content (AvgIpc) is 2.98. The molecule has 0 spiro atoms. The minimum absolute atomic E-state index is 0. The number of hydrogen-bond donors (Lipinski definition) is 2. The van der Waals surface area contributed by atoms with Gasteiger partial charge in [0.2, 0.25) is 5.91 Å². The maximum atomic E-state index is 12.3. The van der Waals surface area contributed by atoms with Crippen LogP contribution in [0.2, 0.25) is 0 Å². The van der Waals surface area contributed by atoms with Gasteiger partial charge in [-0.1, -0.05) is 17.3 Å². The quantitative estimate of drug-likeness (QED) is 0.829. The second-order valence-electron chi connectivity index (χ2n) is 6.26. The second kappa shape index (κ2) is 8.46. The van der Waals surface area contributed by atoms with Crippen molar-refractivity contribution in [3.8, 4) is 0 Å². The van der Waals surface area contributed by atoms with E-state index in [1.54, 1.807) is 7.11 Å². The normalized spacial score (nSPS) is 16.5. The van der Waals surface area contributed by atoms with Crippen LogP contribution in [-0.4, -0.2) is 44.4 Å². The molecule has 1 aliphatic rings. The molecule has 0 radical (unpaired) electrons. The van der Waals surface area contributed by atoms with Crippen LogP contribution in [0, 0.1) is 5.41 Å². The summed E-state index contributed by atoms with van der Waals surface area (Å²) in [6, 6.07) is 7.59. The summed E-state index contributed by atoms with van der Waals surface area (Å²) in [6.45, 7) is 3.24. The zero-order chi connectivity index (χ0) is 16.1. The maximum absolute atomic E-state index is 12.3. The van der Waals surface area contributed by atoms with Crippen molar-refractivity contribution in [3.63, 3.8) is 0 Å². The van der Waals surface area contributed by atoms with Gasteiger partial charge in [0.1, 0.15) is 5.69 Å². The fourth-order valence-corrected chi connectivity index (χ4v) is 3.20. The predicted octanol–water partition coefficient (Wildman–Crippen LogP) is 1.92. The van der Waals surface area contributed by atoms with Crippen LogP contribution in [0.15, 0.2) is 28.8 Å². The van der Waals surface area contributed by atoms with E-state index in [2.05, 4.69) is 15.8 Å². The van der Waals surface area contributed by atoms with Gasteiger partial charge < -0.3 is 19.9 Å². The molecular weight excluding hydrogens is 330 g/mol. The van der Waals surface area contributed by atoms with Gasteiger partial charge in [0, 0.05) is 24.5 Å². The molecule has 0 aliphatic carbocycles. The van der Waals surface area contributed by atoms with Gasteiger partial charge in [0.05, 0.1) is 13.0 Å². The highest BCUT2D eigenvalue weighted by molar-refractivity contribution is 5.86. The summed E-state index contributed by atoms with van der Waals surface area (Å²) >= 11 is 0. The molecule has 1 aromatic carbocycles. The van der Waals surface area contributed by atoms with Crippen molar-refractivity contribution >= 4 is 29.3 Å². The van der Waals surface area contributed by atoms with Gasteiger partial charge in [-0.2, -0.15) is 0 Å². The summed E-state index contributed by atoms with van der Waals surface area (Å²) in [5.41, 5.74) is 1.43. The van der Waals surface area contributed by atoms with Crippen LogP contribution in [0.1, 0.15) is 18.5 Å². The number of fused-ring (bicyclic) bond motifs is 1. The number of aromatic nitrogens is 1. The van der Waals surface area contributed by atoms with E-state index in [4.69, 9.17) is 9.26 Å². The summed E-state index contributed by atoms with van der Waals surface area (Å²) in [6.07, 6.45) is 2.25. The van der Waals surface area contributed by atoms with E-state index in [0.29, 0.717) is 24.4 Å². The van der Waals surface area contributed by atoms with Crippen molar-refractivity contribution in [1.29, 1.82) is 0 Å². The van der Waals surface area contributed by atoms with E-state index in [9.17, 15) is 4.79 Å². The Morgan fingerprint density at radius 1 is 1.38 bits per heavy atom. The molecule has 6 nitrogen and oxygen atoms in total. The number of para-hydroxylation sites is 1. The lowest BCUT2D eigenvalue weighted by Crippen LogP contribution is -2.47. The number of piperidine rings is 1. The highest BCUT2D eigenvalue weighted by Crippen LogP contribution is 2.28. The standard InChI is InChI=1S/C17H23N3O3.ClH/c1-22-12-17(6-8-18-9-7-17)11-19-16(21)10-14-13-4-2-3-5-15(13)23-20-14;/h2-5,18H,6-12H2,1H3,(H,19,21);1H. The average molecular weight is 354 g/mol. The third-order valence-electron chi connectivity index (χ3n) is 4.56. The Labute approximate surface area is 147 Å². The van der Waals surface area contributed by atoms with Crippen LogP contribution in [0.5, 0.6) is 0 Å². The molecule has 24 heavy (non-hydrogen) atoms. The topological polar surface area (TPSA) is 76.4 Å². The summed E-state index contributed by atoms with van der Waals surface area (Å²) in [5.74, 6) is -0.0296. The van der Waals surface area contributed by atoms with E-state index in [-0.39, 0.29) is 30.2 Å². The first kappa shape index (κ1) is 18.7. The number of halogens is 1. The SMILES string of the molecule is COCC1(CNC(=O)Cc2noc3ccccc23)CCNCC1.Cl. The monoisotopic (exact) mass is 353 g/mol. The summed E-state index contributed by atoms with van der Waals surface area (Å²) in [7, 11) is 1.72. The maximum Gasteiger partial charge on any atom is 0.226 e. The molecule has 1 amide bonds. The number of methoxy groups -OCH3 is 1. The first-order chi connectivity index (χ1) is 11.2. The zero-order valence-corrected chi connectivity index (χ0v) is 14.7. The Morgan fingerprint density at radius 2 is 2.12 bits per heavy atom. The molecule has 2 N–H and O–H groups in total. The van der Waals surface area contributed by atoms with E-state index in [1.165, 1.54) is 0 Å². The number of carbonyl (C=O) groups excluding carboxylic acids is 1. The lowest BCUT2D eigenvalue weighted by molar-refractivity contribution is -0.121. The molecule has 0 unspecified atom stereocenters. The van der Waals surface area contributed by atoms with Gasteiger partial charge in [-0.3, -0.25) is 4.79 Å². The van der Waals surface area contributed by atoms with Crippen molar-refractivity contribution in [1.82, 2.24) is 15.8 Å². The highest BCUT2D eigenvalue weighted by Gasteiger charge is 2.32. The molecule has 2 aromatic rings. The minimum Gasteiger partial charge on any atom is -0.384 e. The van der Waals surface area contributed by atoms with Gasteiger partial charge in [-0.15, -0.1) is 12.4 Å². The fourth-order valence-electron chi connectivity index (χ4n) is 3.20. The summed E-state index contributed by atoms with van der Waals surface area (Å²) < 4.78 is 10.6. The van der Waals surface area contributed by atoms with E-state index in [0.717, 1.165) is 31.3 Å². The lowest BCUT2D eigenvalue weighted by atomic mass is 9.79. The third kappa shape index (κ3) is 4.26. The molecule has 0 saturated carbocycles. The number of hydrogen-bond acceptors (Lipinski definition) is 5. The molecule has 7 heteroatoms. The molecule has 0 bridgehead atoms. The van der Waals surface area contributed by atoms with Crippen LogP contribution < -0.4 is 10.6 Å². The number of carbonyl (C=O) groups is 1. The summed E-state index contributed by atoms with van der Waals surface area (Å²) in [4.78, 5) is 12.3. The van der Waals surface area contributed by atoms with Gasteiger partial charge in [-0.05, 0) is 38.1 Å². The molecule has 132 valence electrons. The van der Waals surface area contributed by atoms with E-state index >= 15 is 0 Å². The van der Waals surface area contributed by atoms with Crippen LogP contribution in [0.25, 0.3) is 11.0 Å². The highest BCUT2D eigenvalue weighted by atomic mass is 35.5. The van der Waals surface area contributed by atoms with Crippen LogP contribution >= 0.6 is 12.4 Å². The fraction of sp³-hybridized carbons (Fsp3) is 0.529. The van der Waals surface area contributed by atoms with Gasteiger partial charge in [0.25, 0.3) is 0 Å². The Balaban J connectivity index is 0.00000208. The van der Waals surface area contributed by atoms with Gasteiger partial charge in [-0.25, -0.2) is 0 Å². The lowest BCUT2D eigenvalue weighted by Gasteiger charge is -2.37. The van der Waals surface area contributed by atoms with Crippen molar-refractivity contribution in [3.05, 3.63) is 30.0 Å². The van der Waals surface area contributed by atoms with Crippen molar-refractivity contribution in [2.24, 2.45) is 5.41 Å². The van der Waals surface area contributed by atoms with Crippen LogP contribution in [-0.2, 0) is 16.0 Å². The Bertz CT molecular complexity index is 662. The molecule has 1 aliphatic heterocycles. The number of rotatable bonds is 6. The first-order valence-electron chi connectivity index (χ1n) is 8.02. The molecule has 2 heterocycles. The minimum atomic E-state index is -0.0296. The third-order valence-corrected chi connectivity index (χ3v) is 4.56. The Morgan fingerprint density at radius 3 is 2.88 bits per heavy atom. The number of amides is 1. The number of nitrogens with zero attached hydrogens (tertiary/aromatic N) is 1. The van der Waals surface area contributed by atoms with E-state index < -0.39 is 0 Å². The molecule has 1 saturated heterocycles. The summed E-state index contributed by atoms with van der Waals surface area (Å²) in [5, 5.41) is 11.3. The Kier molecular flexibility index (Phi) is 6.60. The van der Waals surface area contributed by atoms with Crippen LogP contribution in [0.4, 0.5) is 0 Å². The molecule has 0 atom stereocenters. The predicted molar refractivity (Wildman–Crippen MR) is 94.4 cm³/mol. The van der Waals surface area contributed by atoms with Crippen molar-refractivity contribution < 1.29 is 14.1 Å². The number of nitrogens with one attached hydrogen (secondary N) is 2. The van der Waals surface area contributed by atoms with E-state index in [1.807, 2.05) is 24.3 Å². The van der Waals surface area contributed by atoms with Gasteiger partial charge in [0.15, 0.2) is 5.58 Å². The van der Waals surface area contributed by atoms with Gasteiger partial charge >= 0.3 is 0 Å². The first-order valence-corrected chi connectivity index (χ1v) is 8.02. The smallest absolute Gasteiger partial charge is 0.226 e. The van der Waals surface area contributed by atoms with Crippen molar-refractivity contribution in [2.45, 2.75) is 19.3 Å². The molecule has 3 rings (SSSR count). The van der Waals surface area contributed by atoms with Crippen molar-refractivity contribution in [2.75, 3.05) is 33.4 Å². The molecular formula is C17H24ClN3O3. The zero-order valence-electron chi connectivity index (χ0n) is 13.8. The Hall–Kier alpha value is -1.63. The molecule has 1 fully saturated rings. The number of ether oxygens (including phenoxy) is 1. The van der Waals surface area contributed by atoms with Crippen LogP contribution in [0.3, 0.4) is 0 Å². The largest absolute Gasteiger partial charge is 0.384 e. The molecule has 1 aromatic heterocycles.